The molecule has 0 spiro atoms. The Kier molecular flexibility index (Phi) is 3.32. The van der Waals surface area contributed by atoms with Gasteiger partial charge in [-0.25, -0.2) is 4.99 Å². The third kappa shape index (κ3) is 2.08. The normalized spacial score (nSPS) is 17.9. The zero-order valence-corrected chi connectivity index (χ0v) is 12.1. The Bertz CT molecular complexity index is 685. The van der Waals surface area contributed by atoms with Crippen molar-refractivity contribution in [2.24, 2.45) is 4.99 Å². The van der Waals surface area contributed by atoms with Crippen molar-refractivity contribution in [2.45, 2.75) is 6.73 Å². The van der Waals surface area contributed by atoms with E-state index in [0.717, 1.165) is 41.4 Å². The summed E-state index contributed by atoms with van der Waals surface area (Å²) in [4.78, 5) is 6.91. The smallest absolute Gasteiger partial charge is 0.137 e. The summed E-state index contributed by atoms with van der Waals surface area (Å²) < 4.78 is 7.23. The average Bonchev–Trinajstić information content (AvgIpc) is 3.22. The van der Waals surface area contributed by atoms with Crippen molar-refractivity contribution in [2.75, 3.05) is 38.3 Å². The van der Waals surface area contributed by atoms with E-state index in [4.69, 9.17) is 4.74 Å². The Hall–Kier alpha value is -2.32. The minimum absolute atomic E-state index is 0.0798. The number of hydrogen-bond donors (Lipinski definition) is 3. The second-order valence-electron chi connectivity index (χ2n) is 5.28. The van der Waals surface area contributed by atoms with E-state index < -0.39 is 0 Å². The molecule has 1 saturated heterocycles. The lowest BCUT2D eigenvalue weighted by Crippen LogP contribution is -2.42. The van der Waals surface area contributed by atoms with Gasteiger partial charge < -0.3 is 24.6 Å². The molecule has 0 unspecified atom stereocenters. The van der Waals surface area contributed by atoms with E-state index in [1.54, 1.807) is 10.8 Å². The fourth-order valence-electron chi connectivity index (χ4n) is 3.00. The van der Waals surface area contributed by atoms with Gasteiger partial charge in [0, 0.05) is 36.6 Å². The number of hydrogen-bond acceptors (Lipinski definition) is 6. The number of morpholine rings is 1. The molecule has 8 heteroatoms. The predicted octanol–water partition coefficient (Wildman–Crippen LogP) is 0.290. The third-order valence-electron chi connectivity index (χ3n) is 4.05. The summed E-state index contributed by atoms with van der Waals surface area (Å²) in [6.45, 7) is 3.51. The second-order valence-corrected chi connectivity index (χ2v) is 5.28. The minimum atomic E-state index is -0.0798. The lowest BCUT2D eigenvalue weighted by atomic mass is 10.1. The molecule has 1 fully saturated rings. The highest BCUT2D eigenvalue weighted by Crippen LogP contribution is 2.34. The Labute approximate surface area is 127 Å². The van der Waals surface area contributed by atoms with Crippen LogP contribution in [0.25, 0.3) is 11.1 Å². The van der Waals surface area contributed by atoms with E-state index in [0.29, 0.717) is 19.9 Å². The first-order valence-electron chi connectivity index (χ1n) is 7.33. The molecule has 8 nitrogen and oxygen atoms in total. The maximum absolute atomic E-state index is 9.63. The van der Waals surface area contributed by atoms with Gasteiger partial charge >= 0.3 is 0 Å². The molecule has 4 heterocycles. The van der Waals surface area contributed by atoms with Crippen LogP contribution in [-0.4, -0.2) is 63.6 Å². The van der Waals surface area contributed by atoms with Crippen LogP contribution in [0.4, 0.5) is 5.82 Å². The summed E-state index contributed by atoms with van der Waals surface area (Å²) >= 11 is 0. The zero-order chi connectivity index (χ0) is 14.9. The number of nitrogens with zero attached hydrogens (tertiary/aromatic N) is 4. The quantitative estimate of drug-likeness (QED) is 0.742. The van der Waals surface area contributed by atoms with Gasteiger partial charge in [0.1, 0.15) is 25.1 Å². The first-order chi connectivity index (χ1) is 10.9. The number of aliphatic hydroxyl groups excluding tert-OH is 1. The van der Waals surface area contributed by atoms with Gasteiger partial charge in [-0.05, 0) is 0 Å². The molecule has 0 bridgehead atoms. The van der Waals surface area contributed by atoms with Gasteiger partial charge in [-0.2, -0.15) is 5.10 Å². The largest absolute Gasteiger partial charge is 0.378 e. The van der Waals surface area contributed by atoms with Gasteiger partial charge in [0.25, 0.3) is 0 Å². The Morgan fingerprint density at radius 2 is 2.18 bits per heavy atom. The highest BCUT2D eigenvalue weighted by Gasteiger charge is 2.28. The van der Waals surface area contributed by atoms with E-state index >= 15 is 0 Å². The van der Waals surface area contributed by atoms with Gasteiger partial charge in [0.2, 0.25) is 0 Å². The fraction of sp³-hybridized carbons (Fsp3) is 0.429. The molecule has 22 heavy (non-hydrogen) atoms. The van der Waals surface area contributed by atoms with E-state index in [1.807, 2.05) is 12.4 Å². The fourth-order valence-corrected chi connectivity index (χ4v) is 3.00. The molecule has 2 aliphatic rings. The van der Waals surface area contributed by atoms with E-state index in [2.05, 4.69) is 25.4 Å². The van der Waals surface area contributed by atoms with E-state index in [9.17, 15) is 5.11 Å². The summed E-state index contributed by atoms with van der Waals surface area (Å²) in [5.41, 5.74) is 3.01. The molecule has 0 saturated carbocycles. The van der Waals surface area contributed by atoms with Crippen LogP contribution in [0.5, 0.6) is 0 Å². The van der Waals surface area contributed by atoms with Gasteiger partial charge in [-0.1, -0.05) is 0 Å². The lowest BCUT2D eigenvalue weighted by Gasteiger charge is -2.32. The highest BCUT2D eigenvalue weighted by molar-refractivity contribution is 6.09. The summed E-state index contributed by atoms with van der Waals surface area (Å²) in [5.74, 6) is 1.86. The van der Waals surface area contributed by atoms with Crippen molar-refractivity contribution in [3.05, 3.63) is 24.2 Å². The standard InChI is InChI=1S/C14H18N6O2/c21-9-20-7-11(10-5-17-18-6-10)12-13(15-8-16-14(12)20)19-1-3-22-4-2-19/h5-7,16,21H,1-4,8-9H2,(H,17,18). The van der Waals surface area contributed by atoms with Crippen molar-refractivity contribution in [1.82, 2.24) is 19.7 Å². The number of aliphatic imine (C=N–C) groups is 1. The molecule has 0 aromatic carbocycles. The molecule has 2 aromatic heterocycles. The predicted molar refractivity (Wildman–Crippen MR) is 81.7 cm³/mol. The Balaban J connectivity index is 1.83. The number of fused-ring (bicyclic) bond motifs is 1. The van der Waals surface area contributed by atoms with Crippen LogP contribution in [0, 0.1) is 0 Å². The topological polar surface area (TPSA) is 90.7 Å². The lowest BCUT2D eigenvalue weighted by molar-refractivity contribution is 0.0681. The van der Waals surface area contributed by atoms with Crippen LogP contribution in [-0.2, 0) is 11.5 Å². The third-order valence-corrected chi connectivity index (χ3v) is 4.05. The number of rotatable bonds is 2. The summed E-state index contributed by atoms with van der Waals surface area (Å²) in [5, 5.41) is 19.8. The number of aromatic nitrogens is 3. The number of H-pyrrole nitrogens is 1. The van der Waals surface area contributed by atoms with Crippen molar-refractivity contribution < 1.29 is 9.84 Å². The van der Waals surface area contributed by atoms with E-state index in [1.165, 1.54) is 0 Å². The molecular formula is C14H18N6O2. The number of amidine groups is 1. The van der Waals surface area contributed by atoms with Crippen molar-refractivity contribution in [3.8, 4) is 11.1 Å². The van der Waals surface area contributed by atoms with Crippen molar-refractivity contribution in [1.29, 1.82) is 0 Å². The van der Waals surface area contributed by atoms with Crippen LogP contribution in [0.15, 0.2) is 23.6 Å². The molecule has 0 aliphatic carbocycles. The van der Waals surface area contributed by atoms with Gasteiger partial charge in [-0.15, -0.1) is 0 Å². The van der Waals surface area contributed by atoms with Gasteiger partial charge in [-0.3, -0.25) is 5.10 Å². The van der Waals surface area contributed by atoms with Gasteiger partial charge in [0.05, 0.1) is 25.0 Å². The second kappa shape index (κ2) is 5.47. The van der Waals surface area contributed by atoms with Crippen LogP contribution in [0.3, 0.4) is 0 Å². The Morgan fingerprint density at radius 3 is 2.91 bits per heavy atom. The summed E-state index contributed by atoms with van der Waals surface area (Å²) in [6, 6.07) is 0. The number of anilines is 1. The molecule has 2 aromatic rings. The van der Waals surface area contributed by atoms with Crippen molar-refractivity contribution in [3.63, 3.8) is 0 Å². The highest BCUT2D eigenvalue weighted by atomic mass is 16.5. The zero-order valence-electron chi connectivity index (χ0n) is 12.1. The van der Waals surface area contributed by atoms with Gasteiger partial charge in [0.15, 0.2) is 0 Å². The van der Waals surface area contributed by atoms with E-state index in [-0.39, 0.29) is 6.73 Å². The summed E-state index contributed by atoms with van der Waals surface area (Å²) in [6.07, 6.45) is 5.57. The first kappa shape index (κ1) is 13.4. The molecule has 116 valence electrons. The number of aromatic amines is 1. The van der Waals surface area contributed by atoms with Crippen molar-refractivity contribution >= 4 is 11.7 Å². The number of aliphatic hydroxyl groups is 1. The first-order valence-corrected chi connectivity index (χ1v) is 7.33. The molecule has 2 aliphatic heterocycles. The molecule has 4 rings (SSSR count). The van der Waals surface area contributed by atoms with Crippen LogP contribution in [0.2, 0.25) is 0 Å². The SMILES string of the molecule is OCn1cc(-c2cn[nH]c2)c2c1NCN=C2N1CCOCC1. The van der Waals surface area contributed by atoms with Crippen LogP contribution < -0.4 is 5.32 Å². The van der Waals surface area contributed by atoms with Crippen LogP contribution in [0.1, 0.15) is 5.56 Å². The minimum Gasteiger partial charge on any atom is -0.378 e. The molecule has 0 radical (unpaired) electrons. The molecular weight excluding hydrogens is 284 g/mol. The average molecular weight is 302 g/mol. The Morgan fingerprint density at radius 1 is 1.32 bits per heavy atom. The molecule has 0 amide bonds. The number of nitrogens with one attached hydrogen (secondary N) is 2. The van der Waals surface area contributed by atoms with Crippen LogP contribution >= 0.6 is 0 Å². The molecule has 3 N–H and O–H groups in total. The number of ether oxygens (including phenoxy) is 1. The summed E-state index contributed by atoms with van der Waals surface area (Å²) in [7, 11) is 0. The molecule has 0 atom stereocenters. The maximum Gasteiger partial charge on any atom is 0.137 e. The maximum atomic E-state index is 9.63. The monoisotopic (exact) mass is 302 g/mol.